The van der Waals surface area contributed by atoms with Crippen LogP contribution in [0.5, 0.6) is 0 Å². The predicted molar refractivity (Wildman–Crippen MR) is 189 cm³/mol. The van der Waals surface area contributed by atoms with E-state index in [4.69, 9.17) is 0 Å². The van der Waals surface area contributed by atoms with Gasteiger partial charge in [0.05, 0.1) is 0 Å². The first-order chi connectivity index (χ1) is 19.2. The molecule has 1 saturated carbocycles. The molecule has 0 aromatic rings. The number of piperazine rings is 1. The van der Waals surface area contributed by atoms with E-state index in [0.717, 1.165) is 23.7 Å². The van der Waals surface area contributed by atoms with Gasteiger partial charge in [0, 0.05) is 26.2 Å². The maximum Gasteiger partial charge on any atom is 0.0107 e. The number of piperidine rings is 2. The van der Waals surface area contributed by atoms with Crippen molar-refractivity contribution in [1.82, 2.24) is 19.6 Å². The molecule has 4 fully saturated rings. The number of nitrogens with zero attached hydrogens (tertiary/aromatic N) is 4. The third kappa shape index (κ3) is 32.4. The molecule has 1 aliphatic carbocycles. The lowest BCUT2D eigenvalue weighted by Gasteiger charge is -2.28. The number of likely N-dealkylation sites (tertiary alicyclic amines) is 2. The Morgan fingerprint density at radius 2 is 0.425 bits per heavy atom. The molecule has 248 valence electrons. The van der Waals surface area contributed by atoms with Crippen LogP contribution in [0.3, 0.4) is 0 Å². The lowest BCUT2D eigenvalue weighted by molar-refractivity contribution is 0.181. The van der Waals surface area contributed by atoms with E-state index in [1.54, 1.807) is 0 Å². The Labute approximate surface area is 258 Å². The average molecular weight is 573 g/mol. The van der Waals surface area contributed by atoms with Crippen LogP contribution in [0.15, 0.2) is 0 Å². The van der Waals surface area contributed by atoms with Crippen LogP contribution < -0.4 is 0 Å². The maximum absolute atomic E-state index is 2.40. The standard InChI is InChI=1S/C8H16.2C7H15N.C6H14N2.4C2H6/c4*1-7-3-5-8(2)6-4-7;4*1-2/h7-8H,3-6H2,1-2H3;2*7H,3-6H2,1-2H3;3-6H2,1-2H3;4*1-2H3. The summed E-state index contributed by atoms with van der Waals surface area (Å²) >= 11 is 0. The van der Waals surface area contributed by atoms with Crippen molar-refractivity contribution in [2.45, 2.75) is 134 Å². The normalized spacial score (nSPS) is 24.3. The maximum atomic E-state index is 2.40. The highest BCUT2D eigenvalue weighted by atomic mass is 15.2. The van der Waals surface area contributed by atoms with Gasteiger partial charge in [-0.2, -0.15) is 0 Å². The summed E-state index contributed by atoms with van der Waals surface area (Å²) < 4.78 is 0. The minimum Gasteiger partial charge on any atom is -0.306 e. The molecule has 0 aromatic carbocycles. The molecule has 0 atom stereocenters. The Kier molecular flexibility index (Phi) is 41.0. The summed E-state index contributed by atoms with van der Waals surface area (Å²) in [5.74, 6) is 4.00. The second-order valence-electron chi connectivity index (χ2n) is 11.9. The molecule has 0 aromatic heterocycles. The molecule has 0 radical (unpaired) electrons. The monoisotopic (exact) mass is 573 g/mol. The molecule has 0 spiro atoms. The minimum absolute atomic E-state index is 0.978. The fourth-order valence-electron chi connectivity index (χ4n) is 4.61. The van der Waals surface area contributed by atoms with E-state index in [-0.39, 0.29) is 0 Å². The molecular weight excluding hydrogens is 488 g/mol. The quantitative estimate of drug-likeness (QED) is 0.286. The molecule has 3 saturated heterocycles. The summed E-state index contributed by atoms with van der Waals surface area (Å²) in [5.41, 5.74) is 0. The zero-order valence-corrected chi connectivity index (χ0v) is 31.4. The van der Waals surface area contributed by atoms with E-state index in [2.05, 4.69) is 75.5 Å². The number of hydrogen-bond donors (Lipinski definition) is 0. The van der Waals surface area contributed by atoms with Crippen molar-refractivity contribution in [3.8, 4) is 0 Å². The van der Waals surface area contributed by atoms with Gasteiger partial charge < -0.3 is 19.6 Å². The molecular formula is C36H84N4. The molecule has 0 bridgehead atoms. The van der Waals surface area contributed by atoms with Crippen LogP contribution in [0.1, 0.15) is 134 Å². The zero-order valence-electron chi connectivity index (χ0n) is 31.4. The smallest absolute Gasteiger partial charge is 0.0107 e. The molecule has 0 amide bonds. The predicted octanol–water partition coefficient (Wildman–Crippen LogP) is 9.50. The van der Waals surface area contributed by atoms with Crippen molar-refractivity contribution in [2.24, 2.45) is 23.7 Å². The largest absolute Gasteiger partial charge is 0.306 e. The third-order valence-corrected chi connectivity index (χ3v) is 8.05. The van der Waals surface area contributed by atoms with Gasteiger partial charge in [-0.05, 0) is 104 Å². The van der Waals surface area contributed by atoms with Gasteiger partial charge in [-0.25, -0.2) is 0 Å². The van der Waals surface area contributed by atoms with E-state index in [9.17, 15) is 0 Å². The highest BCUT2D eigenvalue weighted by Gasteiger charge is 2.13. The summed E-state index contributed by atoms with van der Waals surface area (Å²) in [5, 5.41) is 0. The van der Waals surface area contributed by atoms with Crippen LogP contribution in [0.25, 0.3) is 0 Å². The molecule has 3 aliphatic heterocycles. The van der Waals surface area contributed by atoms with Crippen molar-refractivity contribution in [3.05, 3.63) is 0 Å². The van der Waals surface area contributed by atoms with Gasteiger partial charge in [0.1, 0.15) is 0 Å². The summed E-state index contributed by atoms with van der Waals surface area (Å²) in [4.78, 5) is 9.53. The topological polar surface area (TPSA) is 13.0 Å². The van der Waals surface area contributed by atoms with Gasteiger partial charge in [-0.15, -0.1) is 0 Å². The van der Waals surface area contributed by atoms with E-state index >= 15 is 0 Å². The first kappa shape index (κ1) is 46.8. The van der Waals surface area contributed by atoms with Gasteiger partial charge in [0.25, 0.3) is 0 Å². The van der Waals surface area contributed by atoms with Crippen LogP contribution in [-0.4, -0.2) is 100 Å². The van der Waals surface area contributed by atoms with Gasteiger partial charge in [0.15, 0.2) is 0 Å². The molecule has 0 unspecified atom stereocenters. The minimum atomic E-state index is 0.978. The summed E-state index contributed by atoms with van der Waals surface area (Å²) in [6.45, 7) is 35.6. The molecule has 4 aliphatic rings. The third-order valence-electron chi connectivity index (χ3n) is 8.05. The second kappa shape index (κ2) is 35.0. The van der Waals surface area contributed by atoms with Crippen molar-refractivity contribution in [3.63, 3.8) is 0 Å². The molecule has 0 N–H and O–H groups in total. The Balaban J connectivity index is -0.000000199. The van der Waals surface area contributed by atoms with Crippen molar-refractivity contribution >= 4 is 0 Å². The Morgan fingerprint density at radius 1 is 0.275 bits per heavy atom. The zero-order chi connectivity index (χ0) is 31.9. The lowest BCUT2D eigenvalue weighted by Crippen LogP contribution is -2.42. The summed E-state index contributed by atoms with van der Waals surface area (Å²) in [6.07, 6.45) is 11.5. The first-order valence-electron chi connectivity index (χ1n) is 17.9. The summed E-state index contributed by atoms with van der Waals surface area (Å²) in [7, 11) is 8.75. The van der Waals surface area contributed by atoms with Crippen LogP contribution in [0, 0.1) is 23.7 Å². The van der Waals surface area contributed by atoms with E-state index in [1.165, 1.54) is 104 Å². The number of rotatable bonds is 0. The van der Waals surface area contributed by atoms with Crippen LogP contribution in [-0.2, 0) is 0 Å². The molecule has 4 heteroatoms. The van der Waals surface area contributed by atoms with E-state index in [0.29, 0.717) is 0 Å². The SMILES string of the molecule is CC.CC.CC.CC.CC1CCC(C)CC1.CC1CCN(C)CC1.CC1CCN(C)CC1.CN1CCN(C)CC1. The molecule has 3 heterocycles. The molecule has 4 nitrogen and oxygen atoms in total. The van der Waals surface area contributed by atoms with Crippen molar-refractivity contribution in [1.29, 1.82) is 0 Å². The van der Waals surface area contributed by atoms with Gasteiger partial charge in [0.2, 0.25) is 0 Å². The highest BCUT2D eigenvalue weighted by molar-refractivity contribution is 4.67. The summed E-state index contributed by atoms with van der Waals surface area (Å²) in [6, 6.07) is 0. The number of likely N-dealkylation sites (N-methyl/N-ethyl adjacent to an activating group) is 2. The Hall–Kier alpha value is -0.160. The van der Waals surface area contributed by atoms with Crippen LogP contribution in [0.2, 0.25) is 0 Å². The van der Waals surface area contributed by atoms with Crippen LogP contribution in [0.4, 0.5) is 0 Å². The van der Waals surface area contributed by atoms with Gasteiger partial charge in [-0.1, -0.05) is 109 Å². The fourth-order valence-corrected chi connectivity index (χ4v) is 4.61. The average Bonchev–Trinajstić information content (AvgIpc) is 3.00. The molecule has 40 heavy (non-hydrogen) atoms. The van der Waals surface area contributed by atoms with Crippen molar-refractivity contribution < 1.29 is 0 Å². The van der Waals surface area contributed by atoms with Gasteiger partial charge in [-0.3, -0.25) is 0 Å². The molecule has 4 rings (SSSR count). The Bertz CT molecular complexity index is 293. The van der Waals surface area contributed by atoms with Gasteiger partial charge >= 0.3 is 0 Å². The van der Waals surface area contributed by atoms with E-state index in [1.807, 2.05) is 55.4 Å². The fraction of sp³-hybridized carbons (Fsp3) is 1.00. The lowest BCUT2D eigenvalue weighted by atomic mass is 9.84. The van der Waals surface area contributed by atoms with Crippen molar-refractivity contribution in [2.75, 3.05) is 80.5 Å². The first-order valence-corrected chi connectivity index (χ1v) is 17.9. The number of hydrogen-bond acceptors (Lipinski definition) is 4. The highest BCUT2D eigenvalue weighted by Crippen LogP contribution is 2.27. The second-order valence-corrected chi connectivity index (χ2v) is 11.9. The van der Waals surface area contributed by atoms with E-state index < -0.39 is 0 Å². The Morgan fingerprint density at radius 3 is 0.600 bits per heavy atom. The van der Waals surface area contributed by atoms with Crippen LogP contribution >= 0.6 is 0 Å².